The molecule has 28 heavy (non-hydrogen) atoms. The molecule has 2 aromatic heterocycles. The van der Waals surface area contributed by atoms with Gasteiger partial charge in [-0.1, -0.05) is 45.0 Å². The van der Waals surface area contributed by atoms with Crippen LogP contribution in [0, 0.1) is 6.92 Å². The number of fused-ring (bicyclic) bond motifs is 1. The van der Waals surface area contributed by atoms with E-state index in [0.29, 0.717) is 6.54 Å². The molecule has 0 bridgehead atoms. The number of nitrogens with zero attached hydrogens (tertiary/aromatic N) is 5. The molecule has 1 atom stereocenters. The van der Waals surface area contributed by atoms with Crippen molar-refractivity contribution in [3.8, 4) is 0 Å². The molecule has 6 heteroatoms. The Kier molecular flexibility index (Phi) is 4.65. The van der Waals surface area contributed by atoms with Crippen molar-refractivity contribution in [1.82, 2.24) is 20.0 Å². The van der Waals surface area contributed by atoms with Crippen molar-refractivity contribution in [2.45, 2.75) is 58.5 Å². The first-order chi connectivity index (χ1) is 13.3. The molecule has 146 valence electrons. The van der Waals surface area contributed by atoms with Crippen LogP contribution in [-0.4, -0.2) is 32.6 Å². The van der Waals surface area contributed by atoms with E-state index in [4.69, 9.17) is 0 Å². The van der Waals surface area contributed by atoms with Crippen LogP contribution in [0.4, 0.5) is 5.82 Å². The van der Waals surface area contributed by atoms with Gasteiger partial charge in [-0.2, -0.15) is 10.2 Å². The van der Waals surface area contributed by atoms with Crippen molar-refractivity contribution >= 4 is 16.6 Å². The summed E-state index contributed by atoms with van der Waals surface area (Å²) in [4.78, 5) is 14.7. The second kappa shape index (κ2) is 7.00. The summed E-state index contributed by atoms with van der Waals surface area (Å²) in [5.41, 5.74) is 1.71. The fourth-order valence-electron chi connectivity index (χ4n) is 3.92. The zero-order valence-electron chi connectivity index (χ0n) is 17.0. The lowest BCUT2D eigenvalue weighted by atomic mass is 9.92. The minimum absolute atomic E-state index is 0.0558. The molecule has 0 N–H and O–H groups in total. The standard InChI is InChI=1S/C22H27N5O/c1-15-17-9-5-6-10-18(17)21(24-23-15)26-13-7-8-16(26)14-27-20(28)12-11-19(25-27)22(2,3)4/h5-6,9-12,16H,7-8,13-14H2,1-4H3. The van der Waals surface area contributed by atoms with E-state index in [1.807, 2.05) is 25.1 Å². The Balaban J connectivity index is 1.70. The summed E-state index contributed by atoms with van der Waals surface area (Å²) in [5, 5.41) is 15.8. The summed E-state index contributed by atoms with van der Waals surface area (Å²) in [7, 11) is 0. The van der Waals surface area contributed by atoms with Gasteiger partial charge in [0.1, 0.15) is 0 Å². The number of aromatic nitrogens is 4. The molecule has 1 fully saturated rings. The smallest absolute Gasteiger partial charge is 0.266 e. The highest BCUT2D eigenvalue weighted by Gasteiger charge is 2.29. The second-order valence-electron chi connectivity index (χ2n) is 8.63. The summed E-state index contributed by atoms with van der Waals surface area (Å²) in [6.07, 6.45) is 2.08. The molecular formula is C22H27N5O. The fraction of sp³-hybridized carbons (Fsp3) is 0.455. The minimum atomic E-state index is -0.0938. The number of rotatable bonds is 3. The van der Waals surface area contributed by atoms with E-state index in [9.17, 15) is 4.79 Å². The first-order valence-electron chi connectivity index (χ1n) is 9.92. The Hall–Kier alpha value is -2.76. The molecule has 0 spiro atoms. The fourth-order valence-corrected chi connectivity index (χ4v) is 3.92. The Morgan fingerprint density at radius 2 is 1.82 bits per heavy atom. The predicted molar refractivity (Wildman–Crippen MR) is 112 cm³/mol. The van der Waals surface area contributed by atoms with Crippen molar-refractivity contribution in [3.63, 3.8) is 0 Å². The minimum Gasteiger partial charge on any atom is -0.350 e. The maximum absolute atomic E-state index is 12.4. The molecular weight excluding hydrogens is 350 g/mol. The third-order valence-electron chi connectivity index (χ3n) is 5.52. The summed E-state index contributed by atoms with van der Waals surface area (Å²) < 4.78 is 1.62. The third kappa shape index (κ3) is 3.39. The van der Waals surface area contributed by atoms with Gasteiger partial charge in [0.2, 0.25) is 0 Å². The maximum Gasteiger partial charge on any atom is 0.266 e. The Morgan fingerprint density at radius 3 is 2.57 bits per heavy atom. The Bertz CT molecular complexity index is 1070. The van der Waals surface area contributed by atoms with Gasteiger partial charge in [-0.15, -0.1) is 5.10 Å². The zero-order valence-corrected chi connectivity index (χ0v) is 17.0. The van der Waals surface area contributed by atoms with Gasteiger partial charge in [-0.25, -0.2) is 4.68 Å². The van der Waals surface area contributed by atoms with Crippen LogP contribution in [0.2, 0.25) is 0 Å². The van der Waals surface area contributed by atoms with E-state index in [1.165, 1.54) is 0 Å². The third-order valence-corrected chi connectivity index (χ3v) is 5.52. The molecule has 0 radical (unpaired) electrons. The SMILES string of the molecule is Cc1nnc(N2CCCC2Cn2nc(C(C)(C)C)ccc2=O)c2ccccc12. The molecule has 6 nitrogen and oxygen atoms in total. The van der Waals surface area contributed by atoms with Crippen molar-refractivity contribution in [2.24, 2.45) is 0 Å². The van der Waals surface area contributed by atoms with E-state index in [2.05, 4.69) is 53.1 Å². The van der Waals surface area contributed by atoms with Gasteiger partial charge in [0, 0.05) is 28.8 Å². The average molecular weight is 377 g/mol. The Morgan fingerprint density at radius 1 is 1.07 bits per heavy atom. The van der Waals surface area contributed by atoms with Gasteiger partial charge < -0.3 is 4.90 Å². The molecule has 1 unspecified atom stereocenters. The summed E-state index contributed by atoms with van der Waals surface area (Å²) >= 11 is 0. The van der Waals surface area contributed by atoms with E-state index in [1.54, 1.807) is 10.7 Å². The van der Waals surface area contributed by atoms with Crippen LogP contribution in [0.1, 0.15) is 45.0 Å². The molecule has 0 amide bonds. The molecule has 1 aliphatic rings. The summed E-state index contributed by atoms with van der Waals surface area (Å²) in [5.74, 6) is 0.906. The van der Waals surface area contributed by atoms with E-state index in [0.717, 1.165) is 47.4 Å². The number of anilines is 1. The van der Waals surface area contributed by atoms with Crippen LogP contribution in [0.25, 0.3) is 10.8 Å². The average Bonchev–Trinajstić information content (AvgIpc) is 3.11. The highest BCUT2D eigenvalue weighted by atomic mass is 16.1. The highest BCUT2D eigenvalue weighted by Crippen LogP contribution is 2.31. The quantitative estimate of drug-likeness (QED) is 0.699. The molecule has 0 aliphatic carbocycles. The lowest BCUT2D eigenvalue weighted by molar-refractivity contribution is 0.456. The van der Waals surface area contributed by atoms with Crippen LogP contribution in [-0.2, 0) is 12.0 Å². The van der Waals surface area contributed by atoms with Gasteiger partial charge in [-0.05, 0) is 25.8 Å². The summed E-state index contributed by atoms with van der Waals surface area (Å²) in [6.45, 7) is 9.80. The molecule has 4 rings (SSSR count). The highest BCUT2D eigenvalue weighted by molar-refractivity contribution is 5.93. The molecule has 1 saturated heterocycles. The van der Waals surface area contributed by atoms with Crippen LogP contribution in [0.5, 0.6) is 0 Å². The van der Waals surface area contributed by atoms with Crippen molar-refractivity contribution in [1.29, 1.82) is 0 Å². The molecule has 1 aromatic carbocycles. The van der Waals surface area contributed by atoms with Crippen molar-refractivity contribution < 1.29 is 0 Å². The van der Waals surface area contributed by atoms with Crippen LogP contribution < -0.4 is 10.5 Å². The maximum atomic E-state index is 12.4. The number of aryl methyl sites for hydroxylation is 1. The molecule has 3 heterocycles. The largest absolute Gasteiger partial charge is 0.350 e. The first-order valence-corrected chi connectivity index (χ1v) is 9.92. The van der Waals surface area contributed by atoms with Crippen LogP contribution in [0.15, 0.2) is 41.2 Å². The topological polar surface area (TPSA) is 63.9 Å². The number of hydrogen-bond donors (Lipinski definition) is 0. The number of hydrogen-bond acceptors (Lipinski definition) is 5. The van der Waals surface area contributed by atoms with Gasteiger partial charge in [-0.3, -0.25) is 4.79 Å². The normalized spacial score (nSPS) is 17.4. The first kappa shape index (κ1) is 18.6. The van der Waals surface area contributed by atoms with Crippen molar-refractivity contribution in [2.75, 3.05) is 11.4 Å². The molecule has 1 aliphatic heterocycles. The molecule has 3 aromatic rings. The van der Waals surface area contributed by atoms with Gasteiger partial charge in [0.15, 0.2) is 5.82 Å². The van der Waals surface area contributed by atoms with E-state index < -0.39 is 0 Å². The predicted octanol–water partition coefficient (Wildman–Crippen LogP) is 3.46. The van der Waals surface area contributed by atoms with Gasteiger partial charge in [0.25, 0.3) is 5.56 Å². The lowest BCUT2D eigenvalue weighted by Crippen LogP contribution is -2.38. The second-order valence-corrected chi connectivity index (χ2v) is 8.63. The Labute approximate surface area is 165 Å². The number of benzene rings is 1. The van der Waals surface area contributed by atoms with E-state index in [-0.39, 0.29) is 17.0 Å². The van der Waals surface area contributed by atoms with Crippen LogP contribution >= 0.6 is 0 Å². The van der Waals surface area contributed by atoms with Crippen molar-refractivity contribution in [3.05, 3.63) is 58.1 Å². The van der Waals surface area contributed by atoms with Gasteiger partial charge >= 0.3 is 0 Å². The monoisotopic (exact) mass is 377 g/mol. The summed E-state index contributed by atoms with van der Waals surface area (Å²) in [6, 6.07) is 11.9. The van der Waals surface area contributed by atoms with Gasteiger partial charge in [0.05, 0.1) is 24.0 Å². The lowest BCUT2D eigenvalue weighted by Gasteiger charge is -2.27. The van der Waals surface area contributed by atoms with E-state index >= 15 is 0 Å². The molecule has 0 saturated carbocycles. The zero-order chi connectivity index (χ0) is 19.9. The van der Waals surface area contributed by atoms with Crippen LogP contribution in [0.3, 0.4) is 0 Å².